The number of hydrogen-bond donors (Lipinski definition) is 1. The standard InChI is InChI=1S/C16H31N3/c1-2-3-16(12-17-15-6-7-15)19-10-8-18(9-11-19)13-14-4-5-14/h14-17H,2-13H2,1H3. The molecule has 110 valence electrons. The first kappa shape index (κ1) is 13.8. The van der Waals surface area contributed by atoms with Gasteiger partial charge in [-0.2, -0.15) is 0 Å². The van der Waals surface area contributed by atoms with E-state index in [1.807, 2.05) is 0 Å². The van der Waals surface area contributed by atoms with Crippen LogP contribution < -0.4 is 5.32 Å². The van der Waals surface area contributed by atoms with Crippen LogP contribution >= 0.6 is 0 Å². The minimum atomic E-state index is 0.786. The van der Waals surface area contributed by atoms with Gasteiger partial charge in [-0.3, -0.25) is 4.90 Å². The van der Waals surface area contributed by atoms with E-state index in [-0.39, 0.29) is 0 Å². The number of hydrogen-bond acceptors (Lipinski definition) is 3. The summed E-state index contributed by atoms with van der Waals surface area (Å²) in [7, 11) is 0. The maximum absolute atomic E-state index is 3.74. The highest BCUT2D eigenvalue weighted by Gasteiger charge is 2.29. The van der Waals surface area contributed by atoms with Crippen molar-refractivity contribution >= 4 is 0 Å². The molecule has 1 N–H and O–H groups in total. The van der Waals surface area contributed by atoms with E-state index in [2.05, 4.69) is 22.0 Å². The topological polar surface area (TPSA) is 18.5 Å². The summed E-state index contributed by atoms with van der Waals surface area (Å²) in [6, 6.07) is 1.64. The Bertz CT molecular complexity index is 265. The van der Waals surface area contributed by atoms with Crippen molar-refractivity contribution in [1.82, 2.24) is 15.1 Å². The fourth-order valence-corrected chi connectivity index (χ4v) is 3.31. The molecule has 0 spiro atoms. The average Bonchev–Trinajstić information content (AvgIpc) is 3.30. The van der Waals surface area contributed by atoms with Crippen molar-refractivity contribution in [3.63, 3.8) is 0 Å². The molecule has 0 radical (unpaired) electrons. The van der Waals surface area contributed by atoms with Crippen molar-refractivity contribution in [2.45, 2.75) is 57.5 Å². The molecule has 3 aliphatic rings. The van der Waals surface area contributed by atoms with E-state index in [0.29, 0.717) is 0 Å². The van der Waals surface area contributed by atoms with Gasteiger partial charge in [0.15, 0.2) is 0 Å². The van der Waals surface area contributed by atoms with Crippen LogP contribution in [0.25, 0.3) is 0 Å². The van der Waals surface area contributed by atoms with Gasteiger partial charge in [-0.1, -0.05) is 13.3 Å². The first-order chi connectivity index (χ1) is 9.35. The normalized spacial score (nSPS) is 27.6. The van der Waals surface area contributed by atoms with E-state index in [9.17, 15) is 0 Å². The van der Waals surface area contributed by atoms with Gasteiger partial charge in [0.05, 0.1) is 0 Å². The van der Waals surface area contributed by atoms with Crippen molar-refractivity contribution in [3.05, 3.63) is 0 Å². The Labute approximate surface area is 118 Å². The zero-order valence-electron chi connectivity index (χ0n) is 12.6. The van der Waals surface area contributed by atoms with Gasteiger partial charge in [-0.15, -0.1) is 0 Å². The summed E-state index contributed by atoms with van der Waals surface area (Å²) in [6.07, 6.45) is 8.48. The fourth-order valence-electron chi connectivity index (χ4n) is 3.31. The Morgan fingerprint density at radius 3 is 2.37 bits per heavy atom. The molecule has 1 saturated heterocycles. The number of nitrogens with one attached hydrogen (secondary N) is 1. The molecule has 1 atom stereocenters. The Hall–Kier alpha value is -0.120. The van der Waals surface area contributed by atoms with Crippen molar-refractivity contribution < 1.29 is 0 Å². The summed E-state index contributed by atoms with van der Waals surface area (Å²) in [5.74, 6) is 1.05. The Kier molecular flexibility index (Phi) is 4.78. The molecule has 3 fully saturated rings. The third-order valence-electron chi connectivity index (χ3n) is 4.98. The van der Waals surface area contributed by atoms with Gasteiger partial charge in [0.2, 0.25) is 0 Å². The van der Waals surface area contributed by atoms with E-state index in [1.165, 1.54) is 77.8 Å². The van der Waals surface area contributed by atoms with Gasteiger partial charge in [-0.25, -0.2) is 0 Å². The summed E-state index contributed by atoms with van der Waals surface area (Å²) < 4.78 is 0. The minimum Gasteiger partial charge on any atom is -0.312 e. The van der Waals surface area contributed by atoms with E-state index < -0.39 is 0 Å². The number of piperazine rings is 1. The molecule has 1 unspecified atom stereocenters. The molecule has 3 heteroatoms. The first-order valence-electron chi connectivity index (χ1n) is 8.55. The van der Waals surface area contributed by atoms with E-state index in [4.69, 9.17) is 0 Å². The molecule has 0 aromatic heterocycles. The molecular formula is C16H31N3. The second-order valence-corrected chi connectivity index (χ2v) is 6.90. The van der Waals surface area contributed by atoms with E-state index in [1.54, 1.807) is 0 Å². The highest BCUT2D eigenvalue weighted by molar-refractivity contribution is 4.87. The van der Waals surface area contributed by atoms with Gasteiger partial charge in [0.25, 0.3) is 0 Å². The Morgan fingerprint density at radius 2 is 1.79 bits per heavy atom. The average molecular weight is 265 g/mol. The summed E-state index contributed by atoms with van der Waals surface area (Å²) >= 11 is 0. The lowest BCUT2D eigenvalue weighted by molar-refractivity contribution is 0.0882. The molecule has 2 aliphatic carbocycles. The smallest absolute Gasteiger partial charge is 0.0221 e. The summed E-state index contributed by atoms with van der Waals surface area (Å²) in [5, 5.41) is 3.74. The van der Waals surface area contributed by atoms with Crippen LogP contribution in [-0.2, 0) is 0 Å². The second-order valence-electron chi connectivity index (χ2n) is 6.90. The van der Waals surface area contributed by atoms with Crippen LogP contribution in [0.4, 0.5) is 0 Å². The molecule has 2 saturated carbocycles. The van der Waals surface area contributed by atoms with Crippen molar-refractivity contribution in [2.75, 3.05) is 39.3 Å². The van der Waals surface area contributed by atoms with Gasteiger partial charge >= 0.3 is 0 Å². The third-order valence-corrected chi connectivity index (χ3v) is 4.98. The molecule has 1 heterocycles. The van der Waals surface area contributed by atoms with Crippen LogP contribution in [0, 0.1) is 5.92 Å². The van der Waals surface area contributed by atoms with Crippen LogP contribution in [0.1, 0.15) is 45.4 Å². The Balaban J connectivity index is 1.40. The van der Waals surface area contributed by atoms with Crippen molar-refractivity contribution in [3.8, 4) is 0 Å². The predicted octanol–water partition coefficient (Wildman–Crippen LogP) is 1.93. The van der Waals surface area contributed by atoms with Gasteiger partial charge in [0, 0.05) is 51.4 Å². The van der Waals surface area contributed by atoms with E-state index in [0.717, 1.165) is 18.0 Å². The Morgan fingerprint density at radius 1 is 1.05 bits per heavy atom. The third kappa shape index (κ3) is 4.44. The van der Waals surface area contributed by atoms with E-state index >= 15 is 0 Å². The van der Waals surface area contributed by atoms with Crippen LogP contribution in [0.3, 0.4) is 0 Å². The van der Waals surface area contributed by atoms with Gasteiger partial charge in [-0.05, 0) is 38.0 Å². The summed E-state index contributed by atoms with van der Waals surface area (Å²) in [4.78, 5) is 5.45. The molecule has 1 aliphatic heterocycles. The maximum Gasteiger partial charge on any atom is 0.0221 e. The molecule has 3 rings (SSSR count). The lowest BCUT2D eigenvalue weighted by atomic mass is 10.1. The largest absolute Gasteiger partial charge is 0.312 e. The molecular weight excluding hydrogens is 234 g/mol. The maximum atomic E-state index is 3.74. The molecule has 0 aromatic carbocycles. The summed E-state index contributed by atoms with van der Waals surface area (Å²) in [5.41, 5.74) is 0. The minimum absolute atomic E-state index is 0.786. The van der Waals surface area contributed by atoms with Crippen LogP contribution in [0.2, 0.25) is 0 Å². The molecule has 0 aromatic rings. The monoisotopic (exact) mass is 265 g/mol. The van der Waals surface area contributed by atoms with Crippen molar-refractivity contribution in [1.29, 1.82) is 0 Å². The zero-order chi connectivity index (χ0) is 13.1. The highest BCUT2D eigenvalue weighted by Crippen LogP contribution is 2.30. The number of nitrogens with zero attached hydrogens (tertiary/aromatic N) is 2. The SMILES string of the molecule is CCCC(CNC1CC1)N1CCN(CC2CC2)CC1. The van der Waals surface area contributed by atoms with Crippen LogP contribution in [-0.4, -0.2) is 61.2 Å². The van der Waals surface area contributed by atoms with Crippen molar-refractivity contribution in [2.24, 2.45) is 5.92 Å². The predicted molar refractivity (Wildman–Crippen MR) is 80.5 cm³/mol. The highest BCUT2D eigenvalue weighted by atomic mass is 15.3. The lowest BCUT2D eigenvalue weighted by Crippen LogP contribution is -2.53. The lowest BCUT2D eigenvalue weighted by Gasteiger charge is -2.39. The van der Waals surface area contributed by atoms with Gasteiger partial charge < -0.3 is 10.2 Å². The first-order valence-corrected chi connectivity index (χ1v) is 8.55. The quantitative estimate of drug-likeness (QED) is 0.723. The fraction of sp³-hybridized carbons (Fsp3) is 1.00. The number of rotatable bonds is 8. The molecule has 0 bridgehead atoms. The van der Waals surface area contributed by atoms with Gasteiger partial charge in [0.1, 0.15) is 0 Å². The van der Waals surface area contributed by atoms with Crippen LogP contribution in [0.5, 0.6) is 0 Å². The van der Waals surface area contributed by atoms with Crippen LogP contribution in [0.15, 0.2) is 0 Å². The summed E-state index contributed by atoms with van der Waals surface area (Å²) in [6.45, 7) is 10.1. The molecule has 0 amide bonds. The molecule has 3 nitrogen and oxygen atoms in total. The second kappa shape index (κ2) is 6.55. The zero-order valence-corrected chi connectivity index (χ0v) is 12.6. The molecule has 19 heavy (non-hydrogen) atoms.